The highest BCUT2D eigenvalue weighted by atomic mass is 16.2. The summed E-state index contributed by atoms with van der Waals surface area (Å²) < 4.78 is 0. The van der Waals surface area contributed by atoms with E-state index in [1.807, 2.05) is 12.1 Å². The molecule has 4 heteroatoms. The van der Waals surface area contributed by atoms with Gasteiger partial charge in [-0.3, -0.25) is 9.69 Å². The van der Waals surface area contributed by atoms with E-state index in [0.29, 0.717) is 0 Å². The number of rotatable bonds is 4. The highest BCUT2D eigenvalue weighted by Gasteiger charge is 2.22. The molecule has 108 valence electrons. The van der Waals surface area contributed by atoms with Crippen molar-refractivity contribution >= 4 is 11.6 Å². The first-order valence-corrected chi connectivity index (χ1v) is 7.67. The molecule has 2 saturated heterocycles. The number of carbonyl (C=O) groups excluding carboxylic acids is 1. The largest absolute Gasteiger partial charge is 0.324 e. The Morgan fingerprint density at radius 3 is 2.80 bits per heavy atom. The maximum absolute atomic E-state index is 12.2. The SMILES string of the molecule is O=C(Nc1ccccc1CN1CCCC1)[C@H]1CCCN1. The molecule has 1 atom stereocenters. The van der Waals surface area contributed by atoms with Crippen LogP contribution in [0.3, 0.4) is 0 Å². The third-order valence-electron chi connectivity index (χ3n) is 4.24. The zero-order valence-corrected chi connectivity index (χ0v) is 11.9. The van der Waals surface area contributed by atoms with Gasteiger partial charge in [0, 0.05) is 12.2 Å². The van der Waals surface area contributed by atoms with Crippen LogP contribution in [0.5, 0.6) is 0 Å². The molecule has 1 aromatic carbocycles. The second-order valence-corrected chi connectivity index (χ2v) is 5.78. The predicted molar refractivity (Wildman–Crippen MR) is 80.6 cm³/mol. The summed E-state index contributed by atoms with van der Waals surface area (Å²) in [6.07, 6.45) is 4.62. The Labute approximate surface area is 120 Å². The van der Waals surface area contributed by atoms with E-state index in [1.54, 1.807) is 0 Å². The van der Waals surface area contributed by atoms with Gasteiger partial charge in [0.1, 0.15) is 0 Å². The molecule has 2 aliphatic heterocycles. The second kappa shape index (κ2) is 6.37. The van der Waals surface area contributed by atoms with Gasteiger partial charge in [0.15, 0.2) is 0 Å². The molecule has 2 fully saturated rings. The molecule has 0 aliphatic carbocycles. The molecule has 2 heterocycles. The lowest BCUT2D eigenvalue weighted by atomic mass is 10.1. The van der Waals surface area contributed by atoms with E-state index in [0.717, 1.165) is 31.6 Å². The summed E-state index contributed by atoms with van der Waals surface area (Å²) in [5.74, 6) is 0.108. The minimum Gasteiger partial charge on any atom is -0.324 e. The van der Waals surface area contributed by atoms with Gasteiger partial charge >= 0.3 is 0 Å². The van der Waals surface area contributed by atoms with Crippen molar-refractivity contribution in [3.05, 3.63) is 29.8 Å². The van der Waals surface area contributed by atoms with Crippen LogP contribution in [0.1, 0.15) is 31.2 Å². The number of anilines is 1. The summed E-state index contributed by atoms with van der Waals surface area (Å²) in [7, 11) is 0. The van der Waals surface area contributed by atoms with Gasteiger partial charge in [-0.15, -0.1) is 0 Å². The van der Waals surface area contributed by atoms with Crippen molar-refractivity contribution in [1.82, 2.24) is 10.2 Å². The fraction of sp³-hybridized carbons (Fsp3) is 0.562. The first-order chi connectivity index (χ1) is 9.83. The molecule has 1 aromatic rings. The minimum absolute atomic E-state index is 0.0187. The normalized spacial score (nSPS) is 23.1. The van der Waals surface area contributed by atoms with Gasteiger partial charge in [-0.1, -0.05) is 18.2 Å². The molecule has 2 aliphatic rings. The van der Waals surface area contributed by atoms with Crippen molar-refractivity contribution in [1.29, 1.82) is 0 Å². The molecule has 0 radical (unpaired) electrons. The Bertz CT molecular complexity index is 463. The van der Waals surface area contributed by atoms with Crippen molar-refractivity contribution in [2.24, 2.45) is 0 Å². The summed E-state index contributed by atoms with van der Waals surface area (Å²) >= 11 is 0. The monoisotopic (exact) mass is 273 g/mol. The first-order valence-electron chi connectivity index (χ1n) is 7.67. The summed E-state index contributed by atoms with van der Waals surface area (Å²) in [6.45, 7) is 4.24. The highest BCUT2D eigenvalue weighted by molar-refractivity contribution is 5.95. The minimum atomic E-state index is -0.0187. The highest BCUT2D eigenvalue weighted by Crippen LogP contribution is 2.20. The van der Waals surface area contributed by atoms with Gasteiger partial charge in [0.05, 0.1) is 6.04 Å². The van der Waals surface area contributed by atoms with Gasteiger partial charge in [-0.05, 0) is 56.9 Å². The maximum atomic E-state index is 12.2. The molecule has 0 saturated carbocycles. The summed E-state index contributed by atoms with van der Waals surface area (Å²) in [4.78, 5) is 14.7. The third-order valence-corrected chi connectivity index (χ3v) is 4.24. The molecule has 3 rings (SSSR count). The lowest BCUT2D eigenvalue weighted by Crippen LogP contribution is -2.35. The van der Waals surface area contributed by atoms with Gasteiger partial charge < -0.3 is 10.6 Å². The number of hydrogen-bond donors (Lipinski definition) is 2. The van der Waals surface area contributed by atoms with E-state index in [4.69, 9.17) is 0 Å². The van der Waals surface area contributed by atoms with Crippen LogP contribution in [0.15, 0.2) is 24.3 Å². The number of nitrogens with one attached hydrogen (secondary N) is 2. The fourth-order valence-electron chi connectivity index (χ4n) is 3.09. The molecular weight excluding hydrogens is 250 g/mol. The Balaban J connectivity index is 1.66. The van der Waals surface area contributed by atoms with Crippen molar-refractivity contribution < 1.29 is 4.79 Å². The van der Waals surface area contributed by atoms with Crippen LogP contribution in [-0.2, 0) is 11.3 Å². The van der Waals surface area contributed by atoms with Crippen LogP contribution in [0, 0.1) is 0 Å². The Morgan fingerprint density at radius 1 is 1.25 bits per heavy atom. The lowest BCUT2D eigenvalue weighted by molar-refractivity contribution is -0.117. The summed E-state index contributed by atoms with van der Waals surface area (Å²) in [6, 6.07) is 8.16. The van der Waals surface area contributed by atoms with E-state index >= 15 is 0 Å². The number of hydrogen-bond acceptors (Lipinski definition) is 3. The number of para-hydroxylation sites is 1. The quantitative estimate of drug-likeness (QED) is 0.881. The van der Waals surface area contributed by atoms with E-state index in [2.05, 4.69) is 27.7 Å². The number of likely N-dealkylation sites (tertiary alicyclic amines) is 1. The summed E-state index contributed by atoms with van der Waals surface area (Å²) in [5, 5.41) is 6.35. The molecule has 0 spiro atoms. The average molecular weight is 273 g/mol. The molecule has 1 amide bonds. The van der Waals surface area contributed by atoms with Crippen LogP contribution in [0.4, 0.5) is 5.69 Å². The van der Waals surface area contributed by atoms with E-state index in [1.165, 1.54) is 31.5 Å². The van der Waals surface area contributed by atoms with Gasteiger partial charge in [-0.25, -0.2) is 0 Å². The lowest BCUT2D eigenvalue weighted by Gasteiger charge is -2.19. The van der Waals surface area contributed by atoms with Crippen molar-refractivity contribution in [3.8, 4) is 0 Å². The molecule has 0 bridgehead atoms. The number of nitrogens with zero attached hydrogens (tertiary/aromatic N) is 1. The van der Waals surface area contributed by atoms with Crippen LogP contribution < -0.4 is 10.6 Å². The molecule has 0 aromatic heterocycles. The fourth-order valence-corrected chi connectivity index (χ4v) is 3.09. The van der Waals surface area contributed by atoms with Gasteiger partial charge in [0.2, 0.25) is 5.91 Å². The average Bonchev–Trinajstić information content (AvgIpc) is 3.13. The predicted octanol–water partition coefficient (Wildman–Crippen LogP) is 1.97. The smallest absolute Gasteiger partial charge is 0.241 e. The molecule has 20 heavy (non-hydrogen) atoms. The molecule has 4 nitrogen and oxygen atoms in total. The number of carbonyl (C=O) groups is 1. The van der Waals surface area contributed by atoms with Crippen LogP contribution in [0.2, 0.25) is 0 Å². The number of benzene rings is 1. The van der Waals surface area contributed by atoms with Crippen LogP contribution >= 0.6 is 0 Å². The van der Waals surface area contributed by atoms with Crippen molar-refractivity contribution in [2.45, 2.75) is 38.3 Å². The molecule has 2 N–H and O–H groups in total. The topological polar surface area (TPSA) is 44.4 Å². The van der Waals surface area contributed by atoms with Gasteiger partial charge in [-0.2, -0.15) is 0 Å². The zero-order valence-electron chi connectivity index (χ0n) is 11.9. The Hall–Kier alpha value is -1.39. The molecular formula is C16H23N3O. The number of amides is 1. The van der Waals surface area contributed by atoms with Gasteiger partial charge in [0.25, 0.3) is 0 Å². The zero-order chi connectivity index (χ0) is 13.8. The molecule has 0 unspecified atom stereocenters. The van der Waals surface area contributed by atoms with E-state index in [9.17, 15) is 4.79 Å². The third kappa shape index (κ3) is 3.19. The Kier molecular flexibility index (Phi) is 4.33. The van der Waals surface area contributed by atoms with Crippen LogP contribution in [-0.4, -0.2) is 36.5 Å². The van der Waals surface area contributed by atoms with E-state index < -0.39 is 0 Å². The Morgan fingerprint density at radius 2 is 2.05 bits per heavy atom. The second-order valence-electron chi connectivity index (χ2n) is 5.78. The van der Waals surface area contributed by atoms with Crippen molar-refractivity contribution in [3.63, 3.8) is 0 Å². The standard InChI is InChI=1S/C16H23N3O/c20-16(15-8-5-9-17-15)18-14-7-2-1-6-13(14)12-19-10-3-4-11-19/h1-2,6-7,15,17H,3-5,8-12H2,(H,18,20)/t15-/m1/s1. The van der Waals surface area contributed by atoms with Crippen molar-refractivity contribution in [2.75, 3.05) is 25.0 Å². The maximum Gasteiger partial charge on any atom is 0.241 e. The first kappa shape index (κ1) is 13.6. The summed E-state index contributed by atoms with van der Waals surface area (Å²) in [5.41, 5.74) is 2.19. The van der Waals surface area contributed by atoms with E-state index in [-0.39, 0.29) is 11.9 Å². The van der Waals surface area contributed by atoms with Crippen LogP contribution in [0.25, 0.3) is 0 Å².